The Morgan fingerprint density at radius 1 is 1.18 bits per heavy atom. The largest absolute Gasteiger partial charge is 0.261 e. The summed E-state index contributed by atoms with van der Waals surface area (Å²) >= 11 is 0. The van der Waals surface area contributed by atoms with Gasteiger partial charge in [0.1, 0.15) is 0 Å². The van der Waals surface area contributed by atoms with E-state index in [9.17, 15) is 0 Å². The molecule has 1 aliphatic heterocycles. The van der Waals surface area contributed by atoms with Gasteiger partial charge in [-0.25, -0.2) is 0 Å². The summed E-state index contributed by atoms with van der Waals surface area (Å²) in [6, 6.07) is 4.03. The van der Waals surface area contributed by atoms with Gasteiger partial charge in [-0.1, -0.05) is 25.5 Å². The van der Waals surface area contributed by atoms with Crippen LogP contribution in [-0.2, 0) is 0 Å². The van der Waals surface area contributed by atoms with E-state index in [-0.39, 0.29) is 0 Å². The van der Waals surface area contributed by atoms with Gasteiger partial charge in [0.25, 0.3) is 0 Å². The summed E-state index contributed by atoms with van der Waals surface area (Å²) in [7, 11) is 0. The third kappa shape index (κ3) is 3.66. The summed E-state index contributed by atoms with van der Waals surface area (Å²) < 4.78 is 0. The van der Waals surface area contributed by atoms with Crippen molar-refractivity contribution in [3.05, 3.63) is 53.5 Å². The van der Waals surface area contributed by atoms with Crippen molar-refractivity contribution in [1.82, 2.24) is 4.98 Å². The van der Waals surface area contributed by atoms with Gasteiger partial charge in [-0.05, 0) is 32.1 Å². The van der Waals surface area contributed by atoms with E-state index in [1.165, 1.54) is 5.57 Å². The van der Waals surface area contributed by atoms with Gasteiger partial charge in [-0.15, -0.1) is 0 Å². The number of allylic oxidation sites excluding steroid dienone is 3. The van der Waals surface area contributed by atoms with Gasteiger partial charge >= 0.3 is 0 Å². The molecule has 0 fully saturated rings. The molecule has 0 N–H and O–H groups in total. The highest BCUT2D eigenvalue weighted by atomic mass is 14.7. The van der Waals surface area contributed by atoms with Crippen molar-refractivity contribution in [3.8, 4) is 0 Å². The average molecular weight is 228 g/mol. The fourth-order valence-electron chi connectivity index (χ4n) is 1.66. The maximum absolute atomic E-state index is 4.45. The molecule has 2 nitrogen and oxygen atoms in total. The number of pyridine rings is 1. The van der Waals surface area contributed by atoms with Crippen molar-refractivity contribution in [2.24, 2.45) is 4.99 Å². The number of aromatic nitrogens is 1. The number of rotatable bonds is 1. The molecule has 0 saturated carbocycles. The van der Waals surface area contributed by atoms with Gasteiger partial charge in [0.2, 0.25) is 0 Å². The second-order valence-electron chi connectivity index (χ2n) is 3.74. The molecule has 0 radical (unpaired) electrons. The normalized spacial score (nSPS) is 14.1. The van der Waals surface area contributed by atoms with Gasteiger partial charge in [0.15, 0.2) is 0 Å². The van der Waals surface area contributed by atoms with Crippen molar-refractivity contribution in [1.29, 1.82) is 0 Å². The molecule has 1 aliphatic rings. The van der Waals surface area contributed by atoms with E-state index in [0.717, 1.165) is 23.4 Å². The molecule has 1 aromatic heterocycles. The molecule has 0 saturated heterocycles. The predicted octanol–water partition coefficient (Wildman–Crippen LogP) is 4.07. The predicted molar refractivity (Wildman–Crippen MR) is 74.4 cm³/mol. The van der Waals surface area contributed by atoms with Gasteiger partial charge in [0, 0.05) is 30.1 Å². The van der Waals surface area contributed by atoms with Gasteiger partial charge in [0.05, 0.1) is 5.71 Å². The van der Waals surface area contributed by atoms with Gasteiger partial charge in [-0.3, -0.25) is 9.98 Å². The van der Waals surface area contributed by atoms with Crippen LogP contribution in [0.5, 0.6) is 0 Å². The molecule has 0 atom stereocenters. The average Bonchev–Trinajstić information content (AvgIpc) is 2.57. The van der Waals surface area contributed by atoms with Crippen molar-refractivity contribution in [2.75, 3.05) is 0 Å². The fourth-order valence-corrected chi connectivity index (χ4v) is 1.66. The van der Waals surface area contributed by atoms with E-state index in [4.69, 9.17) is 0 Å². The highest BCUT2D eigenvalue weighted by molar-refractivity contribution is 6.03. The molecule has 0 bridgehead atoms. The van der Waals surface area contributed by atoms with Crippen molar-refractivity contribution in [2.45, 2.75) is 34.1 Å². The lowest BCUT2D eigenvalue weighted by atomic mass is 10.0. The minimum atomic E-state index is 0.902. The van der Waals surface area contributed by atoms with E-state index in [2.05, 4.69) is 29.0 Å². The summed E-state index contributed by atoms with van der Waals surface area (Å²) in [5.74, 6) is 0. The number of nitrogens with zero attached hydrogens (tertiary/aromatic N) is 2. The van der Waals surface area contributed by atoms with Crippen LogP contribution in [0.25, 0.3) is 0 Å². The summed E-state index contributed by atoms with van der Waals surface area (Å²) in [5, 5.41) is 0. The first kappa shape index (κ1) is 13.4. The minimum absolute atomic E-state index is 0.902. The number of aliphatic imine (C=N–C) groups is 1. The van der Waals surface area contributed by atoms with Crippen LogP contribution in [0.2, 0.25) is 0 Å². The molecule has 0 aromatic carbocycles. The third-order valence-electron chi connectivity index (χ3n) is 2.46. The standard InChI is InChI=1S/C13H14N2.C2H6/c1-10-5-3-8-15-13(9-10)12-6-4-7-14-11(12)2;1-2/h3-8H,9H2,1-2H3;1-2H3. The molecule has 90 valence electrons. The lowest BCUT2D eigenvalue weighted by Gasteiger charge is -2.07. The Hall–Kier alpha value is -1.70. The Balaban J connectivity index is 0.000000686. The zero-order valence-electron chi connectivity index (χ0n) is 11.1. The third-order valence-corrected chi connectivity index (χ3v) is 2.46. The molecule has 2 rings (SSSR count). The van der Waals surface area contributed by atoms with E-state index >= 15 is 0 Å². The van der Waals surface area contributed by atoms with Crippen molar-refractivity contribution in [3.63, 3.8) is 0 Å². The van der Waals surface area contributed by atoms with Crippen LogP contribution in [0.4, 0.5) is 0 Å². The topological polar surface area (TPSA) is 25.2 Å². The summed E-state index contributed by atoms with van der Waals surface area (Å²) in [6.07, 6.45) is 8.64. The highest BCUT2D eigenvalue weighted by Gasteiger charge is 2.08. The van der Waals surface area contributed by atoms with Crippen LogP contribution in [0.1, 0.15) is 38.4 Å². The molecular formula is C15H20N2. The quantitative estimate of drug-likeness (QED) is 0.711. The second kappa shape index (κ2) is 6.79. The Morgan fingerprint density at radius 2 is 1.94 bits per heavy atom. The molecule has 0 amide bonds. The lowest BCUT2D eigenvalue weighted by molar-refractivity contribution is 1.17. The zero-order valence-corrected chi connectivity index (χ0v) is 11.1. The van der Waals surface area contributed by atoms with Gasteiger partial charge < -0.3 is 0 Å². The van der Waals surface area contributed by atoms with E-state index < -0.39 is 0 Å². The Kier molecular flexibility index (Phi) is 5.34. The maximum Gasteiger partial charge on any atom is 0.0534 e. The van der Waals surface area contributed by atoms with Crippen molar-refractivity contribution >= 4 is 5.71 Å². The first-order valence-corrected chi connectivity index (χ1v) is 6.08. The number of hydrogen-bond donors (Lipinski definition) is 0. The summed E-state index contributed by atoms with van der Waals surface area (Å²) in [4.78, 5) is 8.73. The van der Waals surface area contributed by atoms with Crippen LogP contribution in [-0.4, -0.2) is 10.7 Å². The Bertz CT molecular complexity index is 454. The molecule has 0 aliphatic carbocycles. The molecule has 17 heavy (non-hydrogen) atoms. The number of aryl methyl sites for hydroxylation is 1. The van der Waals surface area contributed by atoms with E-state index in [1.807, 2.05) is 45.3 Å². The zero-order chi connectivity index (χ0) is 12.7. The molecular weight excluding hydrogens is 208 g/mol. The van der Waals surface area contributed by atoms with Crippen LogP contribution in [0, 0.1) is 6.92 Å². The first-order chi connectivity index (χ1) is 8.27. The fraction of sp³-hybridized carbons (Fsp3) is 0.333. The molecule has 2 heteroatoms. The van der Waals surface area contributed by atoms with E-state index in [0.29, 0.717) is 0 Å². The highest BCUT2D eigenvalue weighted by Crippen LogP contribution is 2.15. The van der Waals surface area contributed by atoms with Gasteiger partial charge in [-0.2, -0.15) is 0 Å². The Labute approximate surface area is 104 Å². The second-order valence-corrected chi connectivity index (χ2v) is 3.74. The van der Waals surface area contributed by atoms with Crippen LogP contribution < -0.4 is 0 Å². The minimum Gasteiger partial charge on any atom is -0.261 e. The maximum atomic E-state index is 4.45. The molecule has 0 unspecified atom stereocenters. The summed E-state index contributed by atoms with van der Waals surface area (Å²) in [6.45, 7) is 8.14. The van der Waals surface area contributed by atoms with Crippen LogP contribution in [0.3, 0.4) is 0 Å². The molecule has 1 aromatic rings. The monoisotopic (exact) mass is 228 g/mol. The molecule has 0 spiro atoms. The van der Waals surface area contributed by atoms with Crippen molar-refractivity contribution < 1.29 is 0 Å². The van der Waals surface area contributed by atoms with E-state index in [1.54, 1.807) is 0 Å². The molecule has 2 heterocycles. The first-order valence-electron chi connectivity index (χ1n) is 6.08. The lowest BCUT2D eigenvalue weighted by Crippen LogP contribution is -2.04. The van der Waals surface area contributed by atoms with Crippen LogP contribution >= 0.6 is 0 Å². The van der Waals surface area contributed by atoms with Crippen LogP contribution in [0.15, 0.2) is 47.2 Å². The number of hydrogen-bond acceptors (Lipinski definition) is 2. The Morgan fingerprint density at radius 3 is 2.65 bits per heavy atom. The SMILES string of the molecule is CC.CC1=CC=CN=C(c2cccnc2C)C1. The summed E-state index contributed by atoms with van der Waals surface area (Å²) in [5.41, 5.74) is 4.62. The smallest absolute Gasteiger partial charge is 0.0534 e.